The molecule has 2 N–H and O–H groups in total. The molecule has 1 aliphatic rings. The van der Waals surface area contributed by atoms with Crippen LogP contribution in [0.3, 0.4) is 0 Å². The van der Waals surface area contributed by atoms with Gasteiger partial charge in [0.2, 0.25) is 0 Å². The Bertz CT molecular complexity index is 341. The highest BCUT2D eigenvalue weighted by molar-refractivity contribution is 9.10. The van der Waals surface area contributed by atoms with Gasteiger partial charge in [0.05, 0.1) is 12.5 Å². The lowest BCUT2D eigenvalue weighted by Crippen LogP contribution is -1.96. The Hall–Kier alpha value is -0.190. The van der Waals surface area contributed by atoms with Gasteiger partial charge in [-0.3, -0.25) is 0 Å². The lowest BCUT2D eigenvalue weighted by Gasteiger charge is -2.06. The second kappa shape index (κ2) is 5.23. The van der Waals surface area contributed by atoms with Gasteiger partial charge in [0.25, 0.3) is 0 Å². The Balaban J connectivity index is 1.78. The van der Waals surface area contributed by atoms with E-state index in [4.69, 9.17) is 10.5 Å². The van der Waals surface area contributed by atoms with E-state index in [1.54, 1.807) is 11.8 Å². The molecular formula is C11H14BrNOS. The smallest absolute Gasteiger partial charge is 0.0967 e. The molecule has 1 saturated carbocycles. The molecule has 1 fully saturated rings. The highest BCUT2D eigenvalue weighted by atomic mass is 79.9. The molecule has 0 spiro atoms. The van der Waals surface area contributed by atoms with Crippen LogP contribution < -0.4 is 5.73 Å². The third kappa shape index (κ3) is 3.70. The highest BCUT2D eigenvalue weighted by Gasteiger charge is 2.20. The normalized spacial score (nSPS) is 15.5. The van der Waals surface area contributed by atoms with Crippen molar-refractivity contribution in [3.63, 3.8) is 0 Å². The number of thioether (sulfide) groups is 1. The van der Waals surface area contributed by atoms with Gasteiger partial charge in [-0.05, 0) is 37.0 Å². The Kier molecular flexibility index (Phi) is 3.94. The van der Waals surface area contributed by atoms with Crippen molar-refractivity contribution >= 4 is 33.4 Å². The van der Waals surface area contributed by atoms with Gasteiger partial charge in [-0.2, -0.15) is 0 Å². The Labute approximate surface area is 103 Å². The van der Waals surface area contributed by atoms with Crippen LogP contribution in [0.1, 0.15) is 12.8 Å². The van der Waals surface area contributed by atoms with Gasteiger partial charge in [0.15, 0.2) is 0 Å². The van der Waals surface area contributed by atoms with Crippen LogP contribution in [-0.2, 0) is 4.74 Å². The molecule has 4 heteroatoms. The van der Waals surface area contributed by atoms with Crippen molar-refractivity contribution in [1.82, 2.24) is 0 Å². The molecule has 0 bridgehead atoms. The molecule has 0 saturated heterocycles. The number of ether oxygens (including phenoxy) is 1. The minimum Gasteiger partial charge on any atom is -0.398 e. The van der Waals surface area contributed by atoms with Crippen LogP contribution in [0.15, 0.2) is 27.6 Å². The summed E-state index contributed by atoms with van der Waals surface area (Å²) < 4.78 is 6.61. The molecule has 0 unspecified atom stereocenters. The summed E-state index contributed by atoms with van der Waals surface area (Å²) in [5, 5.41) is 0. The zero-order valence-electron chi connectivity index (χ0n) is 8.41. The molecule has 2 nitrogen and oxygen atoms in total. The lowest BCUT2D eigenvalue weighted by atomic mass is 10.3. The van der Waals surface area contributed by atoms with E-state index in [9.17, 15) is 0 Å². The lowest BCUT2D eigenvalue weighted by molar-refractivity contribution is 0.171. The van der Waals surface area contributed by atoms with Crippen molar-refractivity contribution in [2.24, 2.45) is 5.92 Å². The third-order valence-corrected chi connectivity index (χ3v) is 3.77. The maximum absolute atomic E-state index is 5.85. The van der Waals surface area contributed by atoms with E-state index in [1.165, 1.54) is 12.8 Å². The first-order chi connectivity index (χ1) is 7.25. The molecule has 15 heavy (non-hydrogen) atoms. The SMILES string of the molecule is Nc1ccc(Br)cc1SCOCC1CC1. The van der Waals surface area contributed by atoms with Crippen molar-refractivity contribution in [2.75, 3.05) is 18.3 Å². The standard InChI is InChI=1S/C11H14BrNOS/c12-9-3-4-10(13)11(5-9)15-7-14-6-8-1-2-8/h3-5,8H,1-2,6-7,13H2. The summed E-state index contributed by atoms with van der Waals surface area (Å²) in [7, 11) is 0. The average Bonchev–Trinajstić information content (AvgIpc) is 3.01. The highest BCUT2D eigenvalue weighted by Crippen LogP contribution is 2.31. The van der Waals surface area contributed by atoms with Crippen LogP contribution in [0.5, 0.6) is 0 Å². The van der Waals surface area contributed by atoms with E-state index < -0.39 is 0 Å². The predicted octanol–water partition coefficient (Wildman–Crippen LogP) is 3.51. The predicted molar refractivity (Wildman–Crippen MR) is 68.0 cm³/mol. The molecule has 0 aliphatic heterocycles. The summed E-state index contributed by atoms with van der Waals surface area (Å²) in [4.78, 5) is 1.08. The van der Waals surface area contributed by atoms with Gasteiger partial charge in [0.1, 0.15) is 0 Å². The van der Waals surface area contributed by atoms with Crippen LogP contribution in [0.25, 0.3) is 0 Å². The van der Waals surface area contributed by atoms with Gasteiger partial charge in [-0.1, -0.05) is 27.7 Å². The van der Waals surface area contributed by atoms with Crippen LogP contribution in [0.2, 0.25) is 0 Å². The van der Waals surface area contributed by atoms with Gasteiger partial charge >= 0.3 is 0 Å². The number of anilines is 1. The van der Waals surface area contributed by atoms with Crippen molar-refractivity contribution in [1.29, 1.82) is 0 Å². The molecule has 1 aliphatic carbocycles. The summed E-state index contributed by atoms with van der Waals surface area (Å²) in [6, 6.07) is 5.89. The fraction of sp³-hybridized carbons (Fsp3) is 0.455. The fourth-order valence-corrected chi connectivity index (χ4v) is 2.50. The number of hydrogen-bond donors (Lipinski definition) is 1. The van der Waals surface area contributed by atoms with Gasteiger partial charge in [0, 0.05) is 15.1 Å². The second-order valence-corrected chi connectivity index (χ2v) is 5.64. The van der Waals surface area contributed by atoms with E-state index in [2.05, 4.69) is 15.9 Å². The number of nitrogen functional groups attached to an aromatic ring is 1. The number of halogens is 1. The van der Waals surface area contributed by atoms with E-state index >= 15 is 0 Å². The van der Waals surface area contributed by atoms with Crippen LogP contribution in [0.4, 0.5) is 5.69 Å². The number of benzene rings is 1. The molecule has 2 rings (SSSR count). The van der Waals surface area contributed by atoms with Gasteiger partial charge in [-0.25, -0.2) is 0 Å². The van der Waals surface area contributed by atoms with Crippen molar-refractivity contribution in [3.05, 3.63) is 22.7 Å². The first-order valence-corrected chi connectivity index (χ1v) is 6.79. The average molecular weight is 288 g/mol. The fourth-order valence-electron chi connectivity index (χ4n) is 1.24. The minimum atomic E-state index is 0.692. The molecule has 1 aromatic carbocycles. The summed E-state index contributed by atoms with van der Waals surface area (Å²) in [6.45, 7) is 0.904. The van der Waals surface area contributed by atoms with Crippen molar-refractivity contribution in [3.8, 4) is 0 Å². The van der Waals surface area contributed by atoms with E-state index in [-0.39, 0.29) is 0 Å². The molecule has 0 aromatic heterocycles. The molecule has 0 atom stereocenters. The van der Waals surface area contributed by atoms with Crippen molar-refractivity contribution < 1.29 is 4.74 Å². The monoisotopic (exact) mass is 287 g/mol. The zero-order chi connectivity index (χ0) is 10.7. The first kappa shape index (κ1) is 11.3. The maximum Gasteiger partial charge on any atom is 0.0967 e. The molecule has 0 amide bonds. The Morgan fingerprint density at radius 1 is 1.47 bits per heavy atom. The first-order valence-electron chi connectivity index (χ1n) is 5.01. The third-order valence-electron chi connectivity index (χ3n) is 2.32. The Morgan fingerprint density at radius 2 is 2.27 bits per heavy atom. The van der Waals surface area contributed by atoms with Gasteiger partial charge < -0.3 is 10.5 Å². The molecule has 1 aromatic rings. The molecule has 0 heterocycles. The molecular weight excluding hydrogens is 274 g/mol. The number of hydrogen-bond acceptors (Lipinski definition) is 3. The minimum absolute atomic E-state index is 0.692. The summed E-state index contributed by atoms with van der Waals surface area (Å²) in [5.41, 5.74) is 6.66. The van der Waals surface area contributed by atoms with Crippen molar-refractivity contribution in [2.45, 2.75) is 17.7 Å². The van der Waals surface area contributed by atoms with E-state index in [0.29, 0.717) is 5.94 Å². The molecule has 0 radical (unpaired) electrons. The van der Waals surface area contributed by atoms with E-state index in [1.807, 2.05) is 18.2 Å². The van der Waals surface area contributed by atoms with Crippen LogP contribution >= 0.6 is 27.7 Å². The summed E-state index contributed by atoms with van der Waals surface area (Å²) >= 11 is 5.08. The maximum atomic E-state index is 5.85. The Morgan fingerprint density at radius 3 is 3.00 bits per heavy atom. The van der Waals surface area contributed by atoms with E-state index in [0.717, 1.165) is 27.6 Å². The second-order valence-electron chi connectivity index (χ2n) is 3.76. The summed E-state index contributed by atoms with van der Waals surface area (Å²) in [5.74, 6) is 1.52. The number of rotatable bonds is 5. The van der Waals surface area contributed by atoms with Crippen LogP contribution in [-0.4, -0.2) is 12.5 Å². The number of nitrogens with two attached hydrogens (primary N) is 1. The van der Waals surface area contributed by atoms with Gasteiger partial charge in [-0.15, -0.1) is 0 Å². The topological polar surface area (TPSA) is 35.2 Å². The van der Waals surface area contributed by atoms with Crippen LogP contribution in [0, 0.1) is 5.92 Å². The molecule has 82 valence electrons. The quantitative estimate of drug-likeness (QED) is 0.390. The zero-order valence-corrected chi connectivity index (χ0v) is 10.8. The largest absolute Gasteiger partial charge is 0.398 e. The summed E-state index contributed by atoms with van der Waals surface area (Å²) in [6.07, 6.45) is 2.67.